The van der Waals surface area contributed by atoms with Gasteiger partial charge in [0.1, 0.15) is 0 Å². The van der Waals surface area contributed by atoms with E-state index in [1.54, 1.807) is 30.3 Å². The molecule has 2 rings (SSSR count). The Morgan fingerprint density at radius 3 is 2.39 bits per heavy atom. The highest BCUT2D eigenvalue weighted by Gasteiger charge is 2.12. The van der Waals surface area contributed by atoms with Crippen LogP contribution in [0.4, 0.5) is 4.39 Å². The van der Waals surface area contributed by atoms with E-state index in [9.17, 15) is 9.50 Å². The molecule has 0 radical (unpaired) electrons. The number of halogens is 1. The van der Waals surface area contributed by atoms with Crippen molar-refractivity contribution in [2.24, 2.45) is 0 Å². The lowest BCUT2D eigenvalue weighted by Gasteiger charge is -2.09. The van der Waals surface area contributed by atoms with Crippen LogP contribution in [0, 0.1) is 5.82 Å². The summed E-state index contributed by atoms with van der Waals surface area (Å²) in [5, 5.41) is 9.51. The number of hydrogen-bond acceptors (Lipinski definition) is 3. The fraction of sp³-hybridized carbons (Fsp3) is 0.143. The molecule has 0 aromatic heterocycles. The van der Waals surface area contributed by atoms with Crippen LogP contribution in [-0.2, 0) is 0 Å². The zero-order chi connectivity index (χ0) is 13.1. The topological polar surface area (TPSA) is 38.7 Å². The van der Waals surface area contributed by atoms with E-state index in [0.717, 1.165) is 0 Å². The minimum atomic E-state index is -0.437. The standard InChI is InChI=1S/C14H13FO3/c1-17-12-5-3-4-10(14(12)15)9-6-7-11(16)13(8-9)18-2/h3-8,16H,1-2H3. The maximum absolute atomic E-state index is 14.1. The fourth-order valence-electron chi connectivity index (χ4n) is 1.74. The lowest BCUT2D eigenvalue weighted by Crippen LogP contribution is -1.92. The van der Waals surface area contributed by atoms with Crippen LogP contribution in [-0.4, -0.2) is 19.3 Å². The minimum Gasteiger partial charge on any atom is -0.504 e. The zero-order valence-electron chi connectivity index (χ0n) is 10.1. The van der Waals surface area contributed by atoms with Crippen LogP contribution in [0.2, 0.25) is 0 Å². The summed E-state index contributed by atoms with van der Waals surface area (Å²) in [5.41, 5.74) is 1.01. The summed E-state index contributed by atoms with van der Waals surface area (Å²) in [4.78, 5) is 0. The normalized spacial score (nSPS) is 10.2. The second-order valence-electron chi connectivity index (χ2n) is 3.71. The van der Waals surface area contributed by atoms with Crippen molar-refractivity contribution in [3.05, 3.63) is 42.2 Å². The Bertz CT molecular complexity index is 567. The van der Waals surface area contributed by atoms with Gasteiger partial charge in [0.25, 0.3) is 0 Å². The molecule has 0 heterocycles. The van der Waals surface area contributed by atoms with E-state index >= 15 is 0 Å². The molecule has 0 unspecified atom stereocenters. The second-order valence-corrected chi connectivity index (χ2v) is 3.71. The van der Waals surface area contributed by atoms with Crippen molar-refractivity contribution in [3.8, 4) is 28.4 Å². The van der Waals surface area contributed by atoms with Gasteiger partial charge in [0, 0.05) is 5.56 Å². The van der Waals surface area contributed by atoms with Gasteiger partial charge in [-0.2, -0.15) is 0 Å². The van der Waals surface area contributed by atoms with Gasteiger partial charge in [-0.05, 0) is 23.8 Å². The van der Waals surface area contributed by atoms with E-state index in [-0.39, 0.29) is 11.5 Å². The second kappa shape index (κ2) is 4.96. The first kappa shape index (κ1) is 12.2. The van der Waals surface area contributed by atoms with Crippen LogP contribution < -0.4 is 9.47 Å². The molecule has 0 fully saturated rings. The SMILES string of the molecule is COc1cc(-c2cccc(OC)c2F)ccc1O. The Kier molecular flexibility index (Phi) is 3.37. The predicted molar refractivity (Wildman–Crippen MR) is 66.6 cm³/mol. The lowest BCUT2D eigenvalue weighted by molar-refractivity contribution is 0.373. The Labute approximate surface area is 104 Å². The number of hydrogen-bond donors (Lipinski definition) is 1. The van der Waals surface area contributed by atoms with Crippen LogP contribution in [0.3, 0.4) is 0 Å². The van der Waals surface area contributed by atoms with Crippen LogP contribution in [0.25, 0.3) is 11.1 Å². The molecule has 94 valence electrons. The molecular weight excluding hydrogens is 235 g/mol. The molecule has 0 bridgehead atoms. The van der Waals surface area contributed by atoms with Gasteiger partial charge in [-0.15, -0.1) is 0 Å². The van der Waals surface area contributed by atoms with Crippen molar-refractivity contribution in [1.82, 2.24) is 0 Å². The summed E-state index contributed by atoms with van der Waals surface area (Å²) in [6.45, 7) is 0. The molecule has 0 atom stereocenters. The summed E-state index contributed by atoms with van der Waals surface area (Å²) in [6, 6.07) is 9.56. The van der Waals surface area contributed by atoms with E-state index in [1.165, 1.54) is 20.3 Å². The monoisotopic (exact) mass is 248 g/mol. The molecule has 0 aliphatic rings. The molecule has 2 aromatic carbocycles. The highest BCUT2D eigenvalue weighted by atomic mass is 19.1. The van der Waals surface area contributed by atoms with Gasteiger partial charge in [0.15, 0.2) is 23.1 Å². The van der Waals surface area contributed by atoms with Crippen molar-refractivity contribution in [2.75, 3.05) is 14.2 Å². The molecule has 0 aliphatic heterocycles. The van der Waals surface area contributed by atoms with Crippen molar-refractivity contribution in [2.45, 2.75) is 0 Å². The van der Waals surface area contributed by atoms with Crippen molar-refractivity contribution < 1.29 is 19.0 Å². The Morgan fingerprint density at radius 2 is 1.72 bits per heavy atom. The fourth-order valence-corrected chi connectivity index (χ4v) is 1.74. The highest BCUT2D eigenvalue weighted by Crippen LogP contribution is 2.34. The van der Waals surface area contributed by atoms with Crippen molar-refractivity contribution >= 4 is 0 Å². The molecule has 18 heavy (non-hydrogen) atoms. The Balaban J connectivity index is 2.55. The van der Waals surface area contributed by atoms with E-state index in [4.69, 9.17) is 9.47 Å². The van der Waals surface area contributed by atoms with Crippen LogP contribution in [0.15, 0.2) is 36.4 Å². The first-order chi connectivity index (χ1) is 8.67. The quantitative estimate of drug-likeness (QED) is 0.906. The largest absolute Gasteiger partial charge is 0.504 e. The number of phenols is 1. The van der Waals surface area contributed by atoms with Gasteiger partial charge in [0.05, 0.1) is 14.2 Å². The molecule has 0 amide bonds. The average molecular weight is 248 g/mol. The van der Waals surface area contributed by atoms with Gasteiger partial charge >= 0.3 is 0 Å². The van der Waals surface area contributed by atoms with Gasteiger partial charge in [0.2, 0.25) is 0 Å². The molecule has 0 spiro atoms. The number of methoxy groups -OCH3 is 2. The molecule has 0 aliphatic carbocycles. The molecule has 3 nitrogen and oxygen atoms in total. The van der Waals surface area contributed by atoms with Gasteiger partial charge in [-0.1, -0.05) is 18.2 Å². The Hall–Kier alpha value is -2.23. The number of benzene rings is 2. The van der Waals surface area contributed by atoms with Gasteiger partial charge < -0.3 is 14.6 Å². The third kappa shape index (κ3) is 2.09. The predicted octanol–water partition coefficient (Wildman–Crippen LogP) is 3.22. The first-order valence-electron chi connectivity index (χ1n) is 5.37. The van der Waals surface area contributed by atoms with Crippen LogP contribution in [0.1, 0.15) is 0 Å². The van der Waals surface area contributed by atoms with Crippen molar-refractivity contribution in [3.63, 3.8) is 0 Å². The summed E-state index contributed by atoms with van der Waals surface area (Å²) in [6.07, 6.45) is 0. The van der Waals surface area contributed by atoms with E-state index in [2.05, 4.69) is 0 Å². The van der Waals surface area contributed by atoms with Gasteiger partial charge in [-0.25, -0.2) is 4.39 Å². The van der Waals surface area contributed by atoms with E-state index in [1.807, 2.05) is 0 Å². The molecule has 2 aromatic rings. The van der Waals surface area contributed by atoms with Crippen molar-refractivity contribution in [1.29, 1.82) is 0 Å². The van der Waals surface area contributed by atoms with E-state index in [0.29, 0.717) is 16.9 Å². The third-order valence-electron chi connectivity index (χ3n) is 2.67. The van der Waals surface area contributed by atoms with Crippen LogP contribution >= 0.6 is 0 Å². The molecule has 4 heteroatoms. The molecule has 1 N–H and O–H groups in total. The molecular formula is C14H13FO3. The number of rotatable bonds is 3. The zero-order valence-corrected chi connectivity index (χ0v) is 10.1. The van der Waals surface area contributed by atoms with E-state index < -0.39 is 5.82 Å². The number of phenolic OH excluding ortho intramolecular Hbond substituents is 1. The average Bonchev–Trinajstić information content (AvgIpc) is 2.40. The maximum atomic E-state index is 14.1. The maximum Gasteiger partial charge on any atom is 0.172 e. The van der Waals surface area contributed by atoms with Gasteiger partial charge in [-0.3, -0.25) is 0 Å². The first-order valence-corrected chi connectivity index (χ1v) is 5.37. The Morgan fingerprint density at radius 1 is 1.00 bits per heavy atom. The smallest absolute Gasteiger partial charge is 0.172 e. The lowest BCUT2D eigenvalue weighted by atomic mass is 10.0. The molecule has 0 saturated heterocycles. The minimum absolute atomic E-state index is 0.0181. The molecule has 0 saturated carbocycles. The third-order valence-corrected chi connectivity index (χ3v) is 2.67. The summed E-state index contributed by atoms with van der Waals surface area (Å²) >= 11 is 0. The summed E-state index contributed by atoms with van der Waals surface area (Å²) in [7, 11) is 2.86. The summed E-state index contributed by atoms with van der Waals surface area (Å²) in [5.74, 6) is 0.0616. The number of aromatic hydroxyl groups is 1. The summed E-state index contributed by atoms with van der Waals surface area (Å²) < 4.78 is 24.0. The highest BCUT2D eigenvalue weighted by molar-refractivity contribution is 5.69. The van der Waals surface area contributed by atoms with Crippen LogP contribution in [0.5, 0.6) is 17.2 Å². The number of ether oxygens (including phenoxy) is 2.